The summed E-state index contributed by atoms with van der Waals surface area (Å²) in [6, 6.07) is 2.78. The van der Waals surface area contributed by atoms with Gasteiger partial charge in [0, 0.05) is 31.3 Å². The first-order valence-corrected chi connectivity index (χ1v) is 11.7. The zero-order valence-corrected chi connectivity index (χ0v) is 19.0. The van der Waals surface area contributed by atoms with Crippen LogP contribution < -0.4 is 0 Å². The lowest BCUT2D eigenvalue weighted by molar-refractivity contribution is -0.137. The number of piperidine rings is 1. The summed E-state index contributed by atoms with van der Waals surface area (Å²) in [4.78, 5) is 6.31. The Labute approximate surface area is 192 Å². The smallest absolute Gasteiger partial charge is 0.416 e. The summed E-state index contributed by atoms with van der Waals surface area (Å²) in [6.07, 6.45) is -1.46. The van der Waals surface area contributed by atoms with Crippen molar-refractivity contribution in [2.75, 3.05) is 25.4 Å². The van der Waals surface area contributed by atoms with E-state index in [1.807, 2.05) is 18.5 Å². The standard InChI is InChI=1S/C22H23F4N5OS/c1-13-18(32-12-27-13)19-28-29-20(30(19)2)33-7-3-6-31-10-15-9-21(15,11-31)16-8-14(22(24,25)26)4-5-17(16)23/h4-5,8,12,15H,3,6-7,9-11H2,1-2H3/t15-,21?/m1/s1. The number of alkyl halides is 3. The van der Waals surface area contributed by atoms with Crippen LogP contribution in [-0.4, -0.2) is 50.0 Å². The average Bonchev–Trinajstić information content (AvgIpc) is 3.06. The van der Waals surface area contributed by atoms with Gasteiger partial charge in [-0.3, -0.25) is 0 Å². The normalized spacial score (nSPS) is 22.7. The molecule has 2 aliphatic rings. The summed E-state index contributed by atoms with van der Waals surface area (Å²) in [5, 5.41) is 9.20. The Morgan fingerprint density at radius 1 is 1.27 bits per heavy atom. The molecular formula is C22H23F4N5OS. The van der Waals surface area contributed by atoms with E-state index >= 15 is 0 Å². The van der Waals surface area contributed by atoms with Gasteiger partial charge in [-0.1, -0.05) is 11.8 Å². The van der Waals surface area contributed by atoms with Crippen molar-refractivity contribution < 1.29 is 22.0 Å². The molecule has 176 valence electrons. The van der Waals surface area contributed by atoms with Crippen molar-refractivity contribution in [3.05, 3.63) is 47.2 Å². The lowest BCUT2D eigenvalue weighted by Gasteiger charge is -2.22. The molecule has 1 saturated heterocycles. The van der Waals surface area contributed by atoms with E-state index in [9.17, 15) is 17.6 Å². The molecule has 0 bridgehead atoms. The molecule has 11 heteroatoms. The van der Waals surface area contributed by atoms with Crippen molar-refractivity contribution in [3.8, 4) is 11.6 Å². The number of rotatable bonds is 7. The van der Waals surface area contributed by atoms with Crippen LogP contribution in [0.1, 0.15) is 29.7 Å². The largest absolute Gasteiger partial charge is 0.440 e. The highest BCUT2D eigenvalue weighted by Gasteiger charge is 2.61. The Morgan fingerprint density at radius 2 is 2.09 bits per heavy atom. The third kappa shape index (κ3) is 4.05. The van der Waals surface area contributed by atoms with Crippen LogP contribution in [0.5, 0.6) is 0 Å². The molecule has 2 aromatic heterocycles. The molecular weight excluding hydrogens is 458 g/mol. The van der Waals surface area contributed by atoms with Crippen LogP contribution in [-0.2, 0) is 18.6 Å². The molecule has 2 atom stereocenters. The van der Waals surface area contributed by atoms with Crippen molar-refractivity contribution in [1.29, 1.82) is 0 Å². The van der Waals surface area contributed by atoms with Gasteiger partial charge in [-0.15, -0.1) is 10.2 Å². The predicted molar refractivity (Wildman–Crippen MR) is 114 cm³/mol. The van der Waals surface area contributed by atoms with Crippen LogP contribution in [0.25, 0.3) is 11.6 Å². The number of oxazole rings is 1. The second-order valence-electron chi connectivity index (χ2n) is 8.82. The van der Waals surface area contributed by atoms with Crippen molar-refractivity contribution >= 4 is 11.8 Å². The van der Waals surface area contributed by atoms with Gasteiger partial charge in [0.2, 0.25) is 5.82 Å². The molecule has 1 unspecified atom stereocenters. The number of benzene rings is 1. The lowest BCUT2D eigenvalue weighted by Crippen LogP contribution is -2.28. The van der Waals surface area contributed by atoms with Gasteiger partial charge in [0.15, 0.2) is 17.3 Å². The minimum atomic E-state index is -4.47. The highest BCUT2D eigenvalue weighted by atomic mass is 32.2. The first-order valence-electron chi connectivity index (χ1n) is 10.7. The Kier molecular flexibility index (Phi) is 5.51. The topological polar surface area (TPSA) is 60.0 Å². The zero-order chi connectivity index (χ0) is 23.4. The van der Waals surface area contributed by atoms with Crippen molar-refractivity contribution in [3.63, 3.8) is 0 Å². The van der Waals surface area contributed by atoms with Crippen LogP contribution in [0.3, 0.4) is 0 Å². The Balaban J connectivity index is 1.17. The van der Waals surface area contributed by atoms with Crippen molar-refractivity contribution in [1.82, 2.24) is 24.6 Å². The number of aromatic nitrogens is 4. The number of thioether (sulfide) groups is 1. The van der Waals surface area contributed by atoms with Crippen LogP contribution in [0.15, 0.2) is 34.2 Å². The molecule has 6 nitrogen and oxygen atoms in total. The highest BCUT2D eigenvalue weighted by Crippen LogP contribution is 2.59. The summed E-state index contributed by atoms with van der Waals surface area (Å²) in [5.41, 5.74) is -0.294. The van der Waals surface area contributed by atoms with E-state index in [1.165, 1.54) is 6.39 Å². The second-order valence-corrected chi connectivity index (χ2v) is 9.88. The Bertz CT molecular complexity index is 1180. The molecule has 33 heavy (non-hydrogen) atoms. The van der Waals surface area contributed by atoms with Gasteiger partial charge in [0.1, 0.15) is 5.82 Å². The summed E-state index contributed by atoms with van der Waals surface area (Å²) >= 11 is 1.58. The Morgan fingerprint density at radius 3 is 2.82 bits per heavy atom. The lowest BCUT2D eigenvalue weighted by atomic mass is 9.92. The van der Waals surface area contributed by atoms with E-state index < -0.39 is 23.0 Å². The number of halogens is 4. The average molecular weight is 482 g/mol. The first kappa shape index (κ1) is 22.4. The van der Waals surface area contributed by atoms with Gasteiger partial charge in [-0.05, 0) is 56.0 Å². The number of fused-ring (bicyclic) bond motifs is 1. The van der Waals surface area contributed by atoms with Crippen LogP contribution >= 0.6 is 11.8 Å². The third-order valence-corrected chi connectivity index (χ3v) is 7.79. The number of hydrogen-bond acceptors (Lipinski definition) is 6. The summed E-state index contributed by atoms with van der Waals surface area (Å²) in [5.74, 6) is 1.71. The van der Waals surface area contributed by atoms with E-state index in [-0.39, 0.29) is 11.5 Å². The third-order valence-electron chi connectivity index (χ3n) is 6.68. The summed E-state index contributed by atoms with van der Waals surface area (Å²) in [7, 11) is 1.88. The first-order chi connectivity index (χ1) is 15.7. The molecule has 0 radical (unpaired) electrons. The summed E-state index contributed by atoms with van der Waals surface area (Å²) < 4.78 is 61.1. The number of nitrogens with zero attached hydrogens (tertiary/aromatic N) is 5. The molecule has 3 heterocycles. The zero-order valence-electron chi connectivity index (χ0n) is 18.2. The van der Waals surface area contributed by atoms with E-state index in [4.69, 9.17) is 4.42 Å². The van der Waals surface area contributed by atoms with E-state index in [0.717, 1.165) is 60.7 Å². The SMILES string of the molecule is Cc1ncoc1-c1nnc(SCCCN2C[C@H]3CC3(c3cc(C(F)(F)F)ccc3F)C2)n1C. The molecule has 3 aromatic rings. The van der Waals surface area contributed by atoms with Crippen molar-refractivity contribution in [2.45, 2.75) is 36.5 Å². The fraction of sp³-hybridized carbons (Fsp3) is 0.500. The van der Waals surface area contributed by atoms with Crippen LogP contribution in [0, 0.1) is 18.7 Å². The number of likely N-dealkylation sites (tertiary alicyclic amines) is 1. The second kappa shape index (κ2) is 8.12. The molecule has 1 aliphatic heterocycles. The molecule has 1 aliphatic carbocycles. The van der Waals surface area contributed by atoms with Gasteiger partial charge in [0.05, 0.1) is 11.3 Å². The number of hydrogen-bond donors (Lipinski definition) is 0. The van der Waals surface area contributed by atoms with E-state index in [0.29, 0.717) is 18.1 Å². The molecule has 1 aromatic carbocycles. The van der Waals surface area contributed by atoms with Crippen molar-refractivity contribution in [2.24, 2.45) is 13.0 Å². The minimum Gasteiger partial charge on any atom is -0.440 e. The maximum absolute atomic E-state index is 14.5. The highest BCUT2D eigenvalue weighted by molar-refractivity contribution is 7.99. The van der Waals surface area contributed by atoms with Crippen LogP contribution in [0.2, 0.25) is 0 Å². The Hall–Kier alpha value is -2.40. The van der Waals surface area contributed by atoms with Crippen LogP contribution in [0.4, 0.5) is 17.6 Å². The maximum atomic E-state index is 14.5. The number of aryl methyl sites for hydroxylation is 1. The molecule has 0 spiro atoms. The molecule has 0 N–H and O–H groups in total. The van der Waals surface area contributed by atoms with Gasteiger partial charge in [-0.25, -0.2) is 9.37 Å². The van der Waals surface area contributed by atoms with Gasteiger partial charge in [0.25, 0.3) is 0 Å². The van der Waals surface area contributed by atoms with E-state index in [2.05, 4.69) is 20.1 Å². The maximum Gasteiger partial charge on any atom is 0.416 e. The van der Waals surface area contributed by atoms with Gasteiger partial charge >= 0.3 is 6.18 Å². The molecule has 0 amide bonds. The van der Waals surface area contributed by atoms with E-state index in [1.54, 1.807) is 11.8 Å². The van der Waals surface area contributed by atoms with Gasteiger partial charge < -0.3 is 13.9 Å². The predicted octanol–water partition coefficient (Wildman–Crippen LogP) is 4.69. The quantitative estimate of drug-likeness (QED) is 0.277. The summed E-state index contributed by atoms with van der Waals surface area (Å²) in [6.45, 7) is 4.04. The molecule has 5 rings (SSSR count). The molecule has 2 fully saturated rings. The van der Waals surface area contributed by atoms with Gasteiger partial charge in [-0.2, -0.15) is 13.2 Å². The monoisotopic (exact) mass is 481 g/mol. The molecule has 1 saturated carbocycles. The fourth-order valence-corrected chi connectivity index (χ4v) is 5.70. The fourth-order valence-electron chi connectivity index (χ4n) is 4.86. The minimum absolute atomic E-state index is 0.216.